The molecule has 6 nitrogen and oxygen atoms in total. The molecule has 0 bridgehead atoms. The number of rotatable bonds is 5. The van der Waals surface area contributed by atoms with Gasteiger partial charge in [0.25, 0.3) is 0 Å². The van der Waals surface area contributed by atoms with Crippen molar-refractivity contribution in [1.82, 2.24) is 10.6 Å². The Morgan fingerprint density at radius 1 is 1.19 bits per heavy atom. The van der Waals surface area contributed by atoms with Crippen LogP contribution < -0.4 is 20.1 Å². The van der Waals surface area contributed by atoms with Gasteiger partial charge in [-0.2, -0.15) is 0 Å². The molecular formula is C15H20N2O4. The van der Waals surface area contributed by atoms with Crippen LogP contribution in [0.5, 0.6) is 11.5 Å². The molecule has 2 rings (SSSR count). The van der Waals surface area contributed by atoms with Crippen LogP contribution in [0.2, 0.25) is 0 Å². The van der Waals surface area contributed by atoms with Gasteiger partial charge in [-0.3, -0.25) is 9.59 Å². The molecule has 0 aromatic heterocycles. The SMILES string of the molecule is CCCCNC(=O)C(=O)NC[C@@H]1COc2ccccc2O1. The summed E-state index contributed by atoms with van der Waals surface area (Å²) in [7, 11) is 0. The van der Waals surface area contributed by atoms with Crippen LogP contribution in [-0.2, 0) is 9.59 Å². The number of carbonyl (C=O) groups is 2. The van der Waals surface area contributed by atoms with Crippen molar-refractivity contribution in [2.75, 3.05) is 19.7 Å². The van der Waals surface area contributed by atoms with Gasteiger partial charge in [-0.05, 0) is 18.6 Å². The second kappa shape index (κ2) is 7.52. The average Bonchev–Trinajstić information content (AvgIpc) is 2.52. The summed E-state index contributed by atoms with van der Waals surface area (Å²) in [4.78, 5) is 23.1. The molecule has 0 saturated carbocycles. The molecule has 1 atom stereocenters. The predicted molar refractivity (Wildman–Crippen MR) is 77.3 cm³/mol. The lowest BCUT2D eigenvalue weighted by Crippen LogP contribution is -2.46. The normalized spacial score (nSPS) is 16.1. The first-order valence-corrected chi connectivity index (χ1v) is 7.15. The first-order valence-electron chi connectivity index (χ1n) is 7.15. The summed E-state index contributed by atoms with van der Waals surface area (Å²) in [6.07, 6.45) is 1.52. The first kappa shape index (κ1) is 15.2. The number of ether oxygens (including phenoxy) is 2. The van der Waals surface area contributed by atoms with Crippen LogP contribution in [0, 0.1) is 0 Å². The maximum Gasteiger partial charge on any atom is 0.309 e. The number of para-hydroxylation sites is 2. The first-order chi connectivity index (χ1) is 10.2. The molecule has 0 saturated heterocycles. The van der Waals surface area contributed by atoms with Gasteiger partial charge in [0, 0.05) is 6.54 Å². The molecule has 21 heavy (non-hydrogen) atoms. The van der Waals surface area contributed by atoms with Gasteiger partial charge in [0.15, 0.2) is 11.5 Å². The summed E-state index contributed by atoms with van der Waals surface area (Å²) in [5.74, 6) is 0.0851. The second-order valence-corrected chi connectivity index (χ2v) is 4.82. The number of hydrogen-bond donors (Lipinski definition) is 2. The highest BCUT2D eigenvalue weighted by Gasteiger charge is 2.22. The van der Waals surface area contributed by atoms with Crippen molar-refractivity contribution >= 4 is 11.8 Å². The third-order valence-electron chi connectivity index (χ3n) is 3.08. The van der Waals surface area contributed by atoms with Crippen LogP contribution in [0.1, 0.15) is 19.8 Å². The molecule has 0 spiro atoms. The van der Waals surface area contributed by atoms with Crippen LogP contribution in [0.25, 0.3) is 0 Å². The van der Waals surface area contributed by atoms with Crippen LogP contribution in [-0.4, -0.2) is 37.6 Å². The van der Waals surface area contributed by atoms with Crippen molar-refractivity contribution in [1.29, 1.82) is 0 Å². The summed E-state index contributed by atoms with van der Waals surface area (Å²) < 4.78 is 11.2. The Morgan fingerprint density at radius 2 is 1.90 bits per heavy atom. The molecule has 1 aliphatic rings. The Hall–Kier alpha value is -2.24. The van der Waals surface area contributed by atoms with E-state index in [-0.39, 0.29) is 12.6 Å². The quantitative estimate of drug-likeness (QED) is 0.623. The zero-order valence-corrected chi connectivity index (χ0v) is 12.1. The Bertz CT molecular complexity index is 504. The smallest absolute Gasteiger partial charge is 0.309 e. The molecule has 1 aliphatic heterocycles. The molecule has 1 aromatic rings. The van der Waals surface area contributed by atoms with Crippen molar-refractivity contribution in [3.05, 3.63) is 24.3 Å². The lowest BCUT2D eigenvalue weighted by Gasteiger charge is -2.26. The summed E-state index contributed by atoms with van der Waals surface area (Å²) in [5, 5.41) is 5.12. The third-order valence-corrected chi connectivity index (χ3v) is 3.08. The fraction of sp³-hybridized carbons (Fsp3) is 0.467. The summed E-state index contributed by atoms with van der Waals surface area (Å²) in [6.45, 7) is 3.10. The topological polar surface area (TPSA) is 76.7 Å². The zero-order chi connectivity index (χ0) is 15.1. The lowest BCUT2D eigenvalue weighted by atomic mass is 10.2. The summed E-state index contributed by atoms with van der Waals surface area (Å²) in [5.41, 5.74) is 0. The third kappa shape index (κ3) is 4.37. The minimum Gasteiger partial charge on any atom is -0.486 e. The van der Waals surface area contributed by atoms with E-state index in [4.69, 9.17) is 9.47 Å². The highest BCUT2D eigenvalue weighted by atomic mass is 16.6. The second-order valence-electron chi connectivity index (χ2n) is 4.82. The minimum absolute atomic E-state index is 0.231. The van der Waals surface area contributed by atoms with E-state index in [1.807, 2.05) is 25.1 Å². The predicted octanol–water partition coefficient (Wildman–Crippen LogP) is 0.859. The largest absolute Gasteiger partial charge is 0.486 e. The molecule has 114 valence electrons. The molecule has 1 aromatic carbocycles. The highest BCUT2D eigenvalue weighted by molar-refractivity contribution is 6.35. The van der Waals surface area contributed by atoms with E-state index < -0.39 is 11.8 Å². The molecular weight excluding hydrogens is 272 g/mol. The molecule has 2 N–H and O–H groups in total. The molecule has 2 amide bonds. The molecule has 6 heteroatoms. The number of nitrogens with one attached hydrogen (secondary N) is 2. The van der Waals surface area contributed by atoms with E-state index in [1.165, 1.54) is 0 Å². The number of hydrogen-bond acceptors (Lipinski definition) is 4. The average molecular weight is 292 g/mol. The van der Waals surface area contributed by atoms with Crippen molar-refractivity contribution < 1.29 is 19.1 Å². The highest BCUT2D eigenvalue weighted by Crippen LogP contribution is 2.30. The van der Waals surface area contributed by atoms with Gasteiger partial charge in [-0.15, -0.1) is 0 Å². The Morgan fingerprint density at radius 3 is 2.67 bits per heavy atom. The lowest BCUT2D eigenvalue weighted by molar-refractivity contribution is -0.139. The molecule has 0 radical (unpaired) electrons. The maximum absolute atomic E-state index is 11.6. The van der Waals surface area contributed by atoms with Gasteiger partial charge in [0.2, 0.25) is 0 Å². The standard InChI is InChI=1S/C15H20N2O4/c1-2-3-8-16-14(18)15(19)17-9-11-10-20-12-6-4-5-7-13(12)21-11/h4-7,11H,2-3,8-10H2,1H3,(H,16,18)(H,17,19)/t11-/m1/s1. The van der Waals surface area contributed by atoms with Crippen LogP contribution in [0.4, 0.5) is 0 Å². The van der Waals surface area contributed by atoms with E-state index in [0.717, 1.165) is 12.8 Å². The number of unbranched alkanes of at least 4 members (excludes halogenated alkanes) is 1. The van der Waals surface area contributed by atoms with Crippen molar-refractivity contribution in [3.8, 4) is 11.5 Å². The monoisotopic (exact) mass is 292 g/mol. The fourth-order valence-electron chi connectivity index (χ4n) is 1.91. The minimum atomic E-state index is -0.645. The Labute approximate surface area is 123 Å². The van der Waals surface area contributed by atoms with Gasteiger partial charge >= 0.3 is 11.8 Å². The van der Waals surface area contributed by atoms with Crippen LogP contribution in [0.3, 0.4) is 0 Å². The van der Waals surface area contributed by atoms with Crippen LogP contribution >= 0.6 is 0 Å². The van der Waals surface area contributed by atoms with E-state index in [1.54, 1.807) is 6.07 Å². The van der Waals surface area contributed by atoms with Gasteiger partial charge in [0.1, 0.15) is 12.7 Å². The maximum atomic E-state index is 11.6. The van der Waals surface area contributed by atoms with Gasteiger partial charge in [-0.25, -0.2) is 0 Å². The summed E-state index contributed by atoms with van der Waals surface area (Å²) in [6, 6.07) is 7.35. The molecule has 0 unspecified atom stereocenters. The van der Waals surface area contributed by atoms with E-state index in [0.29, 0.717) is 24.7 Å². The van der Waals surface area contributed by atoms with E-state index in [2.05, 4.69) is 10.6 Å². The van der Waals surface area contributed by atoms with Crippen molar-refractivity contribution in [3.63, 3.8) is 0 Å². The number of benzene rings is 1. The Balaban J connectivity index is 1.74. The Kier molecular flexibility index (Phi) is 5.43. The number of carbonyl (C=O) groups excluding carboxylic acids is 2. The number of fused-ring (bicyclic) bond motifs is 1. The fourth-order valence-corrected chi connectivity index (χ4v) is 1.91. The van der Waals surface area contributed by atoms with Gasteiger partial charge < -0.3 is 20.1 Å². The molecule has 1 heterocycles. The van der Waals surface area contributed by atoms with Crippen molar-refractivity contribution in [2.24, 2.45) is 0 Å². The van der Waals surface area contributed by atoms with E-state index in [9.17, 15) is 9.59 Å². The van der Waals surface area contributed by atoms with Crippen LogP contribution in [0.15, 0.2) is 24.3 Å². The molecule has 0 aliphatic carbocycles. The van der Waals surface area contributed by atoms with Gasteiger partial charge in [0.05, 0.1) is 6.54 Å². The summed E-state index contributed by atoms with van der Waals surface area (Å²) >= 11 is 0. The number of amides is 2. The molecule has 0 fully saturated rings. The van der Waals surface area contributed by atoms with Crippen molar-refractivity contribution in [2.45, 2.75) is 25.9 Å². The van der Waals surface area contributed by atoms with Gasteiger partial charge in [-0.1, -0.05) is 25.5 Å². The zero-order valence-electron chi connectivity index (χ0n) is 12.1. The van der Waals surface area contributed by atoms with E-state index >= 15 is 0 Å².